The molecule has 1 N–H and O–H groups in total. The summed E-state index contributed by atoms with van der Waals surface area (Å²) < 4.78 is 0. The van der Waals surface area contributed by atoms with Crippen molar-refractivity contribution in [3.8, 4) is 0 Å². The standard InChI is InChI=1S/C21H20N4O3S/c1-13-7-9-15(10-8-13)25-19(27)11-22-21(25)29-14(2)20(28)24-12-18(26)23-16-5-3-4-6-17(16)24/h3-10,14H,11-12H2,1-2H3,(H,23,26)/t14-/m0/s1. The van der Waals surface area contributed by atoms with E-state index in [4.69, 9.17) is 0 Å². The van der Waals surface area contributed by atoms with Crippen LogP contribution in [0.15, 0.2) is 53.5 Å². The quantitative estimate of drug-likeness (QED) is 0.847. The van der Waals surface area contributed by atoms with Gasteiger partial charge in [-0.25, -0.2) is 0 Å². The number of nitrogens with zero attached hydrogens (tertiary/aromatic N) is 3. The van der Waals surface area contributed by atoms with E-state index in [1.54, 1.807) is 24.0 Å². The van der Waals surface area contributed by atoms with E-state index in [9.17, 15) is 14.4 Å². The number of hydrogen-bond acceptors (Lipinski definition) is 5. The Morgan fingerprint density at radius 2 is 1.86 bits per heavy atom. The Morgan fingerprint density at radius 3 is 2.62 bits per heavy atom. The number of amidine groups is 1. The van der Waals surface area contributed by atoms with E-state index in [1.165, 1.54) is 16.7 Å². The number of thioether (sulfide) groups is 1. The molecule has 0 aliphatic carbocycles. The van der Waals surface area contributed by atoms with Gasteiger partial charge >= 0.3 is 0 Å². The zero-order valence-electron chi connectivity index (χ0n) is 16.1. The van der Waals surface area contributed by atoms with Crippen LogP contribution in [-0.4, -0.2) is 41.2 Å². The Bertz CT molecular complexity index is 1020. The van der Waals surface area contributed by atoms with Gasteiger partial charge in [0.15, 0.2) is 5.17 Å². The van der Waals surface area contributed by atoms with Gasteiger partial charge in [0.25, 0.3) is 5.91 Å². The van der Waals surface area contributed by atoms with Crippen LogP contribution in [0.4, 0.5) is 17.1 Å². The number of aliphatic imine (C=N–C) groups is 1. The normalized spacial score (nSPS) is 17.0. The molecule has 0 saturated carbocycles. The summed E-state index contributed by atoms with van der Waals surface area (Å²) in [5.74, 6) is -0.564. The Hall–Kier alpha value is -3.13. The van der Waals surface area contributed by atoms with E-state index in [0.717, 1.165) is 11.3 Å². The van der Waals surface area contributed by atoms with Crippen molar-refractivity contribution in [2.45, 2.75) is 19.1 Å². The largest absolute Gasteiger partial charge is 0.323 e. The van der Waals surface area contributed by atoms with E-state index >= 15 is 0 Å². The monoisotopic (exact) mass is 408 g/mol. The van der Waals surface area contributed by atoms with E-state index in [0.29, 0.717) is 16.5 Å². The molecule has 1 atom stereocenters. The van der Waals surface area contributed by atoms with Gasteiger partial charge in [-0.05, 0) is 38.1 Å². The van der Waals surface area contributed by atoms with E-state index in [2.05, 4.69) is 10.3 Å². The fraction of sp³-hybridized carbons (Fsp3) is 0.238. The van der Waals surface area contributed by atoms with Crippen LogP contribution in [0.25, 0.3) is 0 Å². The highest BCUT2D eigenvalue weighted by Gasteiger charge is 2.34. The number of rotatable bonds is 3. The number of para-hydroxylation sites is 2. The summed E-state index contributed by atoms with van der Waals surface area (Å²) in [7, 11) is 0. The molecule has 148 valence electrons. The molecule has 0 saturated heterocycles. The lowest BCUT2D eigenvalue weighted by Crippen LogP contribution is -2.45. The minimum Gasteiger partial charge on any atom is -0.323 e. The third kappa shape index (κ3) is 3.75. The van der Waals surface area contributed by atoms with E-state index in [-0.39, 0.29) is 30.8 Å². The van der Waals surface area contributed by atoms with Gasteiger partial charge in [0.1, 0.15) is 13.1 Å². The molecule has 2 heterocycles. The van der Waals surface area contributed by atoms with Gasteiger partial charge in [0, 0.05) is 0 Å². The fourth-order valence-corrected chi connectivity index (χ4v) is 4.28. The smallest absolute Gasteiger partial charge is 0.254 e. The summed E-state index contributed by atoms with van der Waals surface area (Å²) in [6.07, 6.45) is 0. The highest BCUT2D eigenvalue weighted by molar-refractivity contribution is 8.15. The number of amides is 3. The minimum absolute atomic E-state index is 0.0339. The first kappa shape index (κ1) is 19.2. The molecule has 0 fully saturated rings. The maximum Gasteiger partial charge on any atom is 0.254 e. The lowest BCUT2D eigenvalue weighted by molar-refractivity contribution is -0.121. The second-order valence-electron chi connectivity index (χ2n) is 6.91. The predicted molar refractivity (Wildman–Crippen MR) is 115 cm³/mol. The third-order valence-electron chi connectivity index (χ3n) is 4.75. The number of benzene rings is 2. The average Bonchev–Trinajstić information content (AvgIpc) is 3.07. The van der Waals surface area contributed by atoms with E-state index < -0.39 is 5.25 Å². The highest BCUT2D eigenvalue weighted by Crippen LogP contribution is 2.32. The molecule has 8 heteroatoms. The van der Waals surface area contributed by atoms with Crippen molar-refractivity contribution >= 4 is 51.7 Å². The third-order valence-corrected chi connectivity index (χ3v) is 5.83. The zero-order valence-corrected chi connectivity index (χ0v) is 16.9. The number of aryl methyl sites for hydroxylation is 1. The van der Waals surface area contributed by atoms with E-state index in [1.807, 2.05) is 43.3 Å². The molecule has 0 aromatic heterocycles. The summed E-state index contributed by atoms with van der Waals surface area (Å²) in [5, 5.41) is 2.75. The Morgan fingerprint density at radius 1 is 1.14 bits per heavy atom. The summed E-state index contributed by atoms with van der Waals surface area (Å²) in [4.78, 5) is 44.9. The van der Waals surface area contributed by atoms with Gasteiger partial charge < -0.3 is 5.32 Å². The number of anilines is 3. The average molecular weight is 408 g/mol. The van der Waals surface area contributed by atoms with Gasteiger partial charge in [-0.2, -0.15) is 0 Å². The molecule has 0 bridgehead atoms. The first-order valence-electron chi connectivity index (χ1n) is 9.25. The SMILES string of the molecule is Cc1ccc(N2C(=O)CN=C2S[C@@H](C)C(=O)N2CC(=O)Nc3ccccc32)cc1. The van der Waals surface area contributed by atoms with Crippen LogP contribution >= 0.6 is 11.8 Å². The molecule has 0 radical (unpaired) electrons. The van der Waals surface area contributed by atoms with Gasteiger partial charge in [-0.1, -0.05) is 41.6 Å². The molecular formula is C21H20N4O3S. The van der Waals surface area contributed by atoms with Crippen LogP contribution in [0.2, 0.25) is 0 Å². The molecule has 4 rings (SSSR count). The lowest BCUT2D eigenvalue weighted by atomic mass is 10.2. The number of carbonyl (C=O) groups excluding carboxylic acids is 3. The Balaban J connectivity index is 1.54. The summed E-state index contributed by atoms with van der Waals surface area (Å²) in [6, 6.07) is 14.8. The Labute approximate surface area is 172 Å². The van der Waals surface area contributed by atoms with Crippen molar-refractivity contribution < 1.29 is 14.4 Å². The molecular weight excluding hydrogens is 388 g/mol. The molecule has 2 aromatic carbocycles. The van der Waals surface area contributed by atoms with Crippen LogP contribution in [0.5, 0.6) is 0 Å². The molecule has 29 heavy (non-hydrogen) atoms. The minimum atomic E-state index is -0.522. The van der Waals surface area contributed by atoms with Crippen LogP contribution in [0.3, 0.4) is 0 Å². The molecule has 7 nitrogen and oxygen atoms in total. The first-order chi connectivity index (χ1) is 13.9. The van der Waals surface area contributed by atoms with Crippen molar-refractivity contribution in [1.29, 1.82) is 0 Å². The predicted octanol–water partition coefficient (Wildman–Crippen LogP) is 2.80. The summed E-state index contributed by atoms with van der Waals surface area (Å²) >= 11 is 1.23. The summed E-state index contributed by atoms with van der Waals surface area (Å²) in [6.45, 7) is 3.77. The number of hydrogen-bond donors (Lipinski definition) is 1. The highest BCUT2D eigenvalue weighted by atomic mass is 32.2. The van der Waals surface area contributed by atoms with Crippen molar-refractivity contribution in [3.63, 3.8) is 0 Å². The maximum atomic E-state index is 13.1. The first-order valence-corrected chi connectivity index (χ1v) is 10.1. The topological polar surface area (TPSA) is 82.1 Å². The molecule has 2 aliphatic rings. The Kier molecular flexibility index (Phi) is 5.10. The van der Waals surface area contributed by atoms with Crippen molar-refractivity contribution in [2.75, 3.05) is 28.2 Å². The van der Waals surface area contributed by atoms with Crippen LogP contribution < -0.4 is 15.1 Å². The van der Waals surface area contributed by atoms with Crippen molar-refractivity contribution in [3.05, 3.63) is 54.1 Å². The van der Waals surface area contributed by atoms with Crippen LogP contribution in [0.1, 0.15) is 12.5 Å². The maximum absolute atomic E-state index is 13.1. The van der Waals surface area contributed by atoms with Crippen molar-refractivity contribution in [2.24, 2.45) is 4.99 Å². The van der Waals surface area contributed by atoms with Gasteiger partial charge in [-0.3, -0.25) is 29.2 Å². The molecule has 2 aliphatic heterocycles. The summed E-state index contributed by atoms with van der Waals surface area (Å²) in [5.41, 5.74) is 3.11. The molecule has 0 unspecified atom stereocenters. The zero-order chi connectivity index (χ0) is 20.5. The second-order valence-corrected chi connectivity index (χ2v) is 8.22. The number of fused-ring (bicyclic) bond motifs is 1. The van der Waals surface area contributed by atoms with Crippen molar-refractivity contribution in [1.82, 2.24) is 0 Å². The fourth-order valence-electron chi connectivity index (χ4n) is 3.28. The number of nitrogens with one attached hydrogen (secondary N) is 1. The van der Waals surface area contributed by atoms with Gasteiger partial charge in [0.2, 0.25) is 11.8 Å². The molecule has 0 spiro atoms. The van der Waals surface area contributed by atoms with Gasteiger partial charge in [-0.15, -0.1) is 0 Å². The lowest BCUT2D eigenvalue weighted by Gasteiger charge is -2.31. The molecule has 2 aromatic rings. The number of carbonyl (C=O) groups is 3. The van der Waals surface area contributed by atoms with Gasteiger partial charge in [0.05, 0.1) is 22.3 Å². The van der Waals surface area contributed by atoms with Crippen LogP contribution in [0, 0.1) is 6.92 Å². The van der Waals surface area contributed by atoms with Crippen LogP contribution in [-0.2, 0) is 14.4 Å². The molecule has 3 amide bonds. The second kappa shape index (κ2) is 7.71.